The standard InChI is InChI=1S/C10H9ClO3S/c1-14-6-7-5-8-9(11)3-2-4-10(8)15(7,12)13/h2-5H,6H2,1H3. The van der Waals surface area contributed by atoms with E-state index in [-0.39, 0.29) is 16.4 Å². The Morgan fingerprint density at radius 3 is 2.73 bits per heavy atom. The Bertz CT molecular complexity index is 532. The zero-order valence-electron chi connectivity index (χ0n) is 8.03. The maximum absolute atomic E-state index is 11.9. The number of methoxy groups -OCH3 is 1. The van der Waals surface area contributed by atoms with Crippen LogP contribution in [0.2, 0.25) is 5.02 Å². The fraction of sp³-hybridized carbons (Fsp3) is 0.200. The van der Waals surface area contributed by atoms with Crippen molar-refractivity contribution in [3.63, 3.8) is 0 Å². The van der Waals surface area contributed by atoms with Crippen LogP contribution in [0.5, 0.6) is 0 Å². The summed E-state index contributed by atoms with van der Waals surface area (Å²) in [4.78, 5) is 0.523. The van der Waals surface area contributed by atoms with Crippen molar-refractivity contribution in [1.29, 1.82) is 0 Å². The fourth-order valence-corrected chi connectivity index (χ4v) is 3.36. The van der Waals surface area contributed by atoms with Crippen molar-refractivity contribution in [2.75, 3.05) is 13.7 Å². The third kappa shape index (κ3) is 1.58. The van der Waals surface area contributed by atoms with Gasteiger partial charge in [-0.05, 0) is 18.2 Å². The Labute approximate surface area is 93.2 Å². The minimum atomic E-state index is -3.38. The maximum Gasteiger partial charge on any atom is 0.205 e. The molecule has 1 aromatic carbocycles. The molecule has 0 atom stereocenters. The minimum Gasteiger partial charge on any atom is -0.379 e. The van der Waals surface area contributed by atoms with E-state index >= 15 is 0 Å². The Balaban J connectivity index is 2.64. The Morgan fingerprint density at radius 2 is 2.13 bits per heavy atom. The first-order chi connectivity index (χ1) is 7.07. The summed E-state index contributed by atoms with van der Waals surface area (Å²) in [7, 11) is -1.92. The lowest BCUT2D eigenvalue weighted by atomic mass is 10.2. The summed E-state index contributed by atoms with van der Waals surface area (Å²) in [6.07, 6.45) is 1.57. The van der Waals surface area contributed by atoms with Gasteiger partial charge in [0.2, 0.25) is 9.84 Å². The first-order valence-corrected chi connectivity index (χ1v) is 6.16. The molecular weight excluding hydrogens is 236 g/mol. The normalized spacial score (nSPS) is 17.3. The molecule has 80 valence electrons. The predicted octanol–water partition coefficient (Wildman–Crippen LogP) is 2.11. The van der Waals surface area contributed by atoms with Gasteiger partial charge in [0, 0.05) is 17.7 Å². The van der Waals surface area contributed by atoms with Crippen LogP contribution in [0.15, 0.2) is 28.0 Å². The van der Waals surface area contributed by atoms with Crippen LogP contribution in [-0.4, -0.2) is 22.1 Å². The number of rotatable bonds is 2. The van der Waals surface area contributed by atoms with E-state index in [1.807, 2.05) is 0 Å². The number of fused-ring (bicyclic) bond motifs is 1. The van der Waals surface area contributed by atoms with Crippen molar-refractivity contribution in [3.8, 4) is 0 Å². The third-order valence-corrected chi connectivity index (χ3v) is 4.43. The van der Waals surface area contributed by atoms with Crippen molar-refractivity contribution >= 4 is 27.5 Å². The molecule has 1 heterocycles. The Morgan fingerprint density at radius 1 is 1.40 bits per heavy atom. The molecule has 0 aromatic heterocycles. The van der Waals surface area contributed by atoms with Crippen LogP contribution in [0.4, 0.5) is 0 Å². The fourth-order valence-electron chi connectivity index (χ4n) is 1.53. The first kappa shape index (κ1) is 10.7. The summed E-state index contributed by atoms with van der Waals surface area (Å²) in [5.74, 6) is 0. The highest BCUT2D eigenvalue weighted by molar-refractivity contribution is 7.95. The molecule has 0 unspecified atom stereocenters. The highest BCUT2D eigenvalue weighted by Crippen LogP contribution is 2.36. The van der Waals surface area contributed by atoms with E-state index in [0.717, 1.165) is 0 Å². The van der Waals surface area contributed by atoms with Crippen molar-refractivity contribution in [1.82, 2.24) is 0 Å². The van der Waals surface area contributed by atoms with Gasteiger partial charge in [-0.2, -0.15) is 0 Å². The molecule has 15 heavy (non-hydrogen) atoms. The van der Waals surface area contributed by atoms with E-state index < -0.39 is 9.84 Å². The largest absolute Gasteiger partial charge is 0.379 e. The van der Waals surface area contributed by atoms with Crippen molar-refractivity contribution < 1.29 is 13.2 Å². The first-order valence-electron chi connectivity index (χ1n) is 4.30. The summed E-state index contributed by atoms with van der Waals surface area (Å²) < 4.78 is 28.7. The highest BCUT2D eigenvalue weighted by atomic mass is 35.5. The van der Waals surface area contributed by atoms with E-state index in [0.29, 0.717) is 10.6 Å². The van der Waals surface area contributed by atoms with Crippen molar-refractivity contribution in [3.05, 3.63) is 33.7 Å². The van der Waals surface area contributed by atoms with Crippen LogP contribution < -0.4 is 0 Å². The molecule has 0 N–H and O–H groups in total. The second-order valence-corrected chi connectivity index (χ2v) is 5.58. The number of sulfone groups is 1. The van der Waals surface area contributed by atoms with Crippen LogP contribution in [0.1, 0.15) is 5.56 Å². The molecule has 0 spiro atoms. The molecule has 3 nitrogen and oxygen atoms in total. The summed E-state index contributed by atoms with van der Waals surface area (Å²) in [6.45, 7) is 0.0767. The zero-order chi connectivity index (χ0) is 11.1. The molecule has 0 radical (unpaired) electrons. The summed E-state index contributed by atoms with van der Waals surface area (Å²) in [5.41, 5.74) is 0.561. The van der Waals surface area contributed by atoms with Crippen LogP contribution in [0.3, 0.4) is 0 Å². The average molecular weight is 245 g/mol. The summed E-state index contributed by atoms with van der Waals surface area (Å²) >= 11 is 5.91. The number of hydrogen-bond donors (Lipinski definition) is 0. The molecule has 0 fully saturated rings. The van der Waals surface area contributed by atoms with Gasteiger partial charge < -0.3 is 4.74 Å². The van der Waals surface area contributed by atoms with Crippen LogP contribution >= 0.6 is 11.6 Å². The molecule has 2 rings (SSSR count). The van der Waals surface area contributed by atoms with Gasteiger partial charge in [0.25, 0.3) is 0 Å². The number of benzene rings is 1. The van der Waals surface area contributed by atoms with Crippen LogP contribution in [-0.2, 0) is 14.6 Å². The molecule has 1 aromatic rings. The lowest BCUT2D eigenvalue weighted by Crippen LogP contribution is -2.05. The summed E-state index contributed by atoms with van der Waals surface area (Å²) in [5, 5.41) is 0.446. The SMILES string of the molecule is COCC1=Cc2c(Cl)cccc2S1(=O)=O. The smallest absolute Gasteiger partial charge is 0.205 e. The predicted molar refractivity (Wildman–Crippen MR) is 58.5 cm³/mol. The second kappa shape index (κ2) is 3.63. The molecule has 0 saturated heterocycles. The minimum absolute atomic E-state index is 0.0767. The van der Waals surface area contributed by atoms with Gasteiger partial charge in [0.05, 0.1) is 16.4 Å². The molecule has 5 heteroatoms. The van der Waals surface area contributed by atoms with Crippen LogP contribution in [0.25, 0.3) is 6.08 Å². The maximum atomic E-state index is 11.9. The average Bonchev–Trinajstić information content (AvgIpc) is 2.43. The van der Waals surface area contributed by atoms with E-state index in [2.05, 4.69) is 0 Å². The third-order valence-electron chi connectivity index (χ3n) is 2.24. The highest BCUT2D eigenvalue weighted by Gasteiger charge is 2.30. The van der Waals surface area contributed by atoms with Gasteiger partial charge >= 0.3 is 0 Å². The van der Waals surface area contributed by atoms with Gasteiger partial charge in [-0.3, -0.25) is 0 Å². The van der Waals surface area contributed by atoms with Gasteiger partial charge in [0.15, 0.2) is 0 Å². The van der Waals surface area contributed by atoms with E-state index in [9.17, 15) is 8.42 Å². The molecule has 0 saturated carbocycles. The van der Waals surface area contributed by atoms with Gasteiger partial charge in [0.1, 0.15) is 0 Å². The van der Waals surface area contributed by atoms with Gasteiger partial charge in [-0.1, -0.05) is 17.7 Å². The molecule has 1 aliphatic rings. The molecule has 0 bridgehead atoms. The number of ether oxygens (including phenoxy) is 1. The molecule has 0 aliphatic carbocycles. The number of halogens is 1. The van der Waals surface area contributed by atoms with Gasteiger partial charge in [-0.25, -0.2) is 8.42 Å². The molecule has 0 amide bonds. The van der Waals surface area contributed by atoms with E-state index in [1.165, 1.54) is 7.11 Å². The van der Waals surface area contributed by atoms with Crippen molar-refractivity contribution in [2.45, 2.75) is 4.90 Å². The van der Waals surface area contributed by atoms with E-state index in [1.54, 1.807) is 24.3 Å². The van der Waals surface area contributed by atoms with Crippen molar-refractivity contribution in [2.24, 2.45) is 0 Å². The molecular formula is C10H9ClO3S. The quantitative estimate of drug-likeness (QED) is 0.800. The second-order valence-electron chi connectivity index (χ2n) is 3.20. The number of hydrogen-bond acceptors (Lipinski definition) is 3. The van der Waals surface area contributed by atoms with Gasteiger partial charge in [-0.15, -0.1) is 0 Å². The zero-order valence-corrected chi connectivity index (χ0v) is 9.60. The summed E-state index contributed by atoms with van der Waals surface area (Å²) in [6, 6.07) is 4.85. The Kier molecular flexibility index (Phi) is 2.58. The molecule has 1 aliphatic heterocycles. The monoisotopic (exact) mass is 244 g/mol. The lowest BCUT2D eigenvalue weighted by molar-refractivity contribution is 0.231. The lowest BCUT2D eigenvalue weighted by Gasteiger charge is -2.02. The van der Waals surface area contributed by atoms with Crippen LogP contribution in [0, 0.1) is 0 Å². The Hall–Kier alpha value is -0.840. The topological polar surface area (TPSA) is 43.4 Å². The van der Waals surface area contributed by atoms with E-state index in [4.69, 9.17) is 16.3 Å².